The van der Waals surface area contributed by atoms with Crippen LogP contribution in [0.3, 0.4) is 0 Å². The van der Waals surface area contributed by atoms with Crippen molar-refractivity contribution >= 4 is 28.0 Å². The molecule has 0 radical (unpaired) electrons. The third-order valence-corrected chi connectivity index (χ3v) is 3.14. The molecule has 0 bridgehead atoms. The van der Waals surface area contributed by atoms with E-state index in [2.05, 4.69) is 44.9 Å². The SMILES string of the molecule is Cc1ccc2c(c1)c1nnc(N(C)C)nc1n2C. The summed E-state index contributed by atoms with van der Waals surface area (Å²) in [6.07, 6.45) is 0. The normalized spacial score (nSPS) is 11.3. The number of hydrogen-bond acceptors (Lipinski definition) is 4. The van der Waals surface area contributed by atoms with Crippen molar-refractivity contribution in [3.63, 3.8) is 0 Å². The molecule has 0 amide bonds. The van der Waals surface area contributed by atoms with Gasteiger partial charge >= 0.3 is 0 Å². The second-order valence-corrected chi connectivity index (χ2v) is 4.76. The largest absolute Gasteiger partial charge is 0.346 e. The lowest BCUT2D eigenvalue weighted by Gasteiger charge is -2.08. The Balaban J connectivity index is 2.44. The molecule has 0 unspecified atom stereocenters. The van der Waals surface area contributed by atoms with E-state index in [-0.39, 0.29) is 0 Å². The van der Waals surface area contributed by atoms with Crippen molar-refractivity contribution in [1.82, 2.24) is 19.7 Å². The van der Waals surface area contributed by atoms with Crippen LogP contribution in [-0.4, -0.2) is 33.8 Å². The van der Waals surface area contributed by atoms with Crippen LogP contribution in [0.4, 0.5) is 5.95 Å². The minimum Gasteiger partial charge on any atom is -0.346 e. The van der Waals surface area contributed by atoms with E-state index >= 15 is 0 Å². The molecule has 5 heteroatoms. The van der Waals surface area contributed by atoms with Gasteiger partial charge in [0.15, 0.2) is 5.65 Å². The van der Waals surface area contributed by atoms with Crippen molar-refractivity contribution < 1.29 is 0 Å². The van der Waals surface area contributed by atoms with Crippen LogP contribution in [0.25, 0.3) is 22.1 Å². The number of hydrogen-bond donors (Lipinski definition) is 0. The molecule has 3 aromatic rings. The lowest BCUT2D eigenvalue weighted by atomic mass is 10.2. The summed E-state index contributed by atoms with van der Waals surface area (Å²) in [5, 5.41) is 9.58. The van der Waals surface area contributed by atoms with Crippen molar-refractivity contribution in [2.75, 3.05) is 19.0 Å². The Morgan fingerprint density at radius 3 is 2.67 bits per heavy atom. The zero-order chi connectivity index (χ0) is 12.9. The molecule has 18 heavy (non-hydrogen) atoms. The Hall–Kier alpha value is -2.17. The monoisotopic (exact) mass is 241 g/mol. The Labute approximate surface area is 105 Å². The molecule has 0 spiro atoms. The van der Waals surface area contributed by atoms with E-state index < -0.39 is 0 Å². The zero-order valence-electron chi connectivity index (χ0n) is 11.0. The molecule has 92 valence electrons. The fourth-order valence-corrected chi connectivity index (χ4v) is 2.15. The van der Waals surface area contributed by atoms with Gasteiger partial charge in [0, 0.05) is 26.5 Å². The van der Waals surface area contributed by atoms with Gasteiger partial charge in [-0.1, -0.05) is 11.6 Å². The Morgan fingerprint density at radius 2 is 1.94 bits per heavy atom. The van der Waals surface area contributed by atoms with Gasteiger partial charge in [0.05, 0.1) is 5.52 Å². The molecule has 2 heterocycles. The van der Waals surface area contributed by atoms with Gasteiger partial charge in [0.25, 0.3) is 0 Å². The number of rotatable bonds is 1. The van der Waals surface area contributed by atoms with Gasteiger partial charge in [0.1, 0.15) is 5.52 Å². The average molecular weight is 241 g/mol. The first-order valence-corrected chi connectivity index (χ1v) is 5.84. The van der Waals surface area contributed by atoms with Gasteiger partial charge in [0.2, 0.25) is 5.95 Å². The number of fused-ring (bicyclic) bond motifs is 3. The number of aromatic nitrogens is 4. The summed E-state index contributed by atoms with van der Waals surface area (Å²) in [5.74, 6) is 0.630. The molecule has 2 aromatic heterocycles. The van der Waals surface area contributed by atoms with Crippen LogP contribution in [0, 0.1) is 6.92 Å². The summed E-state index contributed by atoms with van der Waals surface area (Å²) in [5.41, 5.74) is 4.08. The van der Waals surface area contributed by atoms with Crippen molar-refractivity contribution in [2.45, 2.75) is 6.92 Å². The molecule has 0 aliphatic heterocycles. The van der Waals surface area contributed by atoms with Crippen molar-refractivity contribution in [1.29, 1.82) is 0 Å². The molecule has 0 aliphatic rings. The smallest absolute Gasteiger partial charge is 0.246 e. The topological polar surface area (TPSA) is 46.8 Å². The van der Waals surface area contributed by atoms with Gasteiger partial charge < -0.3 is 9.47 Å². The molecule has 0 saturated heterocycles. The van der Waals surface area contributed by atoms with Crippen molar-refractivity contribution in [3.05, 3.63) is 23.8 Å². The first-order valence-electron chi connectivity index (χ1n) is 5.84. The minimum atomic E-state index is 0.630. The predicted molar refractivity (Wildman–Crippen MR) is 72.9 cm³/mol. The molecule has 0 atom stereocenters. The zero-order valence-corrected chi connectivity index (χ0v) is 11.0. The van der Waals surface area contributed by atoms with Gasteiger partial charge in [-0.15, -0.1) is 10.2 Å². The maximum atomic E-state index is 4.56. The highest BCUT2D eigenvalue weighted by Crippen LogP contribution is 2.26. The number of benzene rings is 1. The second-order valence-electron chi connectivity index (χ2n) is 4.76. The highest BCUT2D eigenvalue weighted by atomic mass is 15.3. The fourth-order valence-electron chi connectivity index (χ4n) is 2.15. The third kappa shape index (κ3) is 1.44. The first-order chi connectivity index (χ1) is 8.58. The summed E-state index contributed by atoms with van der Waals surface area (Å²) in [7, 11) is 5.83. The first kappa shape index (κ1) is 11.0. The summed E-state index contributed by atoms with van der Waals surface area (Å²) < 4.78 is 2.06. The minimum absolute atomic E-state index is 0.630. The second kappa shape index (κ2) is 3.66. The van der Waals surface area contributed by atoms with E-state index in [1.165, 1.54) is 5.56 Å². The van der Waals surface area contributed by atoms with Crippen LogP contribution in [0.1, 0.15) is 5.56 Å². The summed E-state index contributed by atoms with van der Waals surface area (Å²) in [6, 6.07) is 6.33. The molecule has 0 fully saturated rings. The standard InChI is InChI=1S/C13H15N5/c1-8-5-6-10-9(7-8)11-12(18(10)4)14-13(16-15-11)17(2)3/h5-7H,1-4H3. The molecule has 0 aliphatic carbocycles. The molecule has 0 N–H and O–H groups in total. The Morgan fingerprint density at radius 1 is 1.17 bits per heavy atom. The highest BCUT2D eigenvalue weighted by Gasteiger charge is 2.13. The molecule has 1 aromatic carbocycles. The van der Waals surface area contributed by atoms with Crippen LogP contribution in [-0.2, 0) is 7.05 Å². The molecular weight excluding hydrogens is 226 g/mol. The average Bonchev–Trinajstić information content (AvgIpc) is 2.62. The lowest BCUT2D eigenvalue weighted by molar-refractivity contribution is 0.911. The van der Waals surface area contributed by atoms with E-state index in [0.29, 0.717) is 5.95 Å². The van der Waals surface area contributed by atoms with Crippen molar-refractivity contribution in [2.24, 2.45) is 7.05 Å². The van der Waals surface area contributed by atoms with Crippen LogP contribution in [0.15, 0.2) is 18.2 Å². The van der Waals surface area contributed by atoms with Gasteiger partial charge in [-0.2, -0.15) is 4.98 Å². The Kier molecular flexibility index (Phi) is 2.23. The molecule has 3 rings (SSSR count). The van der Waals surface area contributed by atoms with Gasteiger partial charge in [-0.05, 0) is 19.1 Å². The highest BCUT2D eigenvalue weighted by molar-refractivity contribution is 6.04. The molecular formula is C13H15N5. The van der Waals surface area contributed by atoms with E-state index in [0.717, 1.165) is 22.1 Å². The fraction of sp³-hybridized carbons (Fsp3) is 0.308. The van der Waals surface area contributed by atoms with Crippen LogP contribution >= 0.6 is 0 Å². The lowest BCUT2D eigenvalue weighted by Crippen LogP contribution is -2.13. The van der Waals surface area contributed by atoms with Crippen LogP contribution in [0.2, 0.25) is 0 Å². The van der Waals surface area contributed by atoms with Crippen LogP contribution < -0.4 is 4.90 Å². The van der Waals surface area contributed by atoms with Gasteiger partial charge in [-0.25, -0.2) is 0 Å². The molecule has 5 nitrogen and oxygen atoms in total. The van der Waals surface area contributed by atoms with E-state index in [1.807, 2.05) is 26.0 Å². The van der Waals surface area contributed by atoms with Crippen molar-refractivity contribution in [3.8, 4) is 0 Å². The van der Waals surface area contributed by atoms with Gasteiger partial charge in [-0.3, -0.25) is 0 Å². The quantitative estimate of drug-likeness (QED) is 0.652. The van der Waals surface area contributed by atoms with E-state index in [4.69, 9.17) is 0 Å². The number of aryl methyl sites for hydroxylation is 2. The number of nitrogens with zero attached hydrogens (tertiary/aromatic N) is 5. The Bertz CT molecular complexity index is 742. The summed E-state index contributed by atoms with van der Waals surface area (Å²) in [6.45, 7) is 2.08. The third-order valence-electron chi connectivity index (χ3n) is 3.14. The maximum Gasteiger partial charge on any atom is 0.246 e. The molecule has 0 saturated carbocycles. The van der Waals surface area contributed by atoms with E-state index in [9.17, 15) is 0 Å². The maximum absolute atomic E-state index is 4.56. The summed E-state index contributed by atoms with van der Waals surface area (Å²) in [4.78, 5) is 6.41. The summed E-state index contributed by atoms with van der Waals surface area (Å²) >= 11 is 0. The number of anilines is 1. The van der Waals surface area contributed by atoms with Crippen LogP contribution in [0.5, 0.6) is 0 Å². The van der Waals surface area contributed by atoms with E-state index in [1.54, 1.807) is 0 Å². The predicted octanol–water partition coefficient (Wildman–Crippen LogP) is 1.89.